The summed E-state index contributed by atoms with van der Waals surface area (Å²) >= 11 is 0. The SMILES string of the molecule is C=NC=N/C(=C\C)c1ccc2c(c1)C(C)(C)c1ccccc1-2. The zero-order valence-electron chi connectivity index (χ0n) is 13.3. The van der Waals surface area contributed by atoms with E-state index in [-0.39, 0.29) is 5.41 Å². The third-order valence-electron chi connectivity index (χ3n) is 4.43. The van der Waals surface area contributed by atoms with Crippen LogP contribution < -0.4 is 0 Å². The lowest BCUT2D eigenvalue weighted by Gasteiger charge is -2.21. The summed E-state index contributed by atoms with van der Waals surface area (Å²) in [6.07, 6.45) is 3.49. The summed E-state index contributed by atoms with van der Waals surface area (Å²) < 4.78 is 0. The summed E-state index contributed by atoms with van der Waals surface area (Å²) in [5.74, 6) is 0. The van der Waals surface area contributed by atoms with Crippen molar-refractivity contribution >= 4 is 18.8 Å². The predicted molar refractivity (Wildman–Crippen MR) is 95.7 cm³/mol. The van der Waals surface area contributed by atoms with Crippen LogP contribution in [0.25, 0.3) is 16.8 Å². The van der Waals surface area contributed by atoms with Crippen LogP contribution in [0.3, 0.4) is 0 Å². The molecule has 2 aromatic carbocycles. The number of hydrogen-bond acceptors (Lipinski definition) is 1. The molecule has 0 atom stereocenters. The fourth-order valence-corrected chi connectivity index (χ4v) is 3.28. The van der Waals surface area contributed by atoms with E-state index < -0.39 is 0 Å². The van der Waals surface area contributed by atoms with Gasteiger partial charge in [-0.1, -0.05) is 56.3 Å². The molecule has 1 aliphatic rings. The summed E-state index contributed by atoms with van der Waals surface area (Å²) in [4.78, 5) is 8.06. The molecule has 0 radical (unpaired) electrons. The molecule has 3 rings (SSSR count). The van der Waals surface area contributed by atoms with Gasteiger partial charge in [-0.25, -0.2) is 4.99 Å². The van der Waals surface area contributed by atoms with E-state index in [1.165, 1.54) is 28.6 Å². The first-order valence-corrected chi connectivity index (χ1v) is 7.49. The molecule has 2 aromatic rings. The van der Waals surface area contributed by atoms with Gasteiger partial charge in [0, 0.05) is 11.0 Å². The Morgan fingerprint density at radius 1 is 1.05 bits per heavy atom. The summed E-state index contributed by atoms with van der Waals surface area (Å²) in [5.41, 5.74) is 7.45. The molecule has 0 bridgehead atoms. The van der Waals surface area contributed by atoms with Gasteiger partial charge in [0.25, 0.3) is 0 Å². The van der Waals surface area contributed by atoms with Crippen molar-refractivity contribution in [1.29, 1.82) is 0 Å². The third kappa shape index (κ3) is 2.12. The van der Waals surface area contributed by atoms with Gasteiger partial charge in [-0.3, -0.25) is 4.99 Å². The van der Waals surface area contributed by atoms with Crippen LogP contribution in [-0.2, 0) is 5.41 Å². The van der Waals surface area contributed by atoms with Crippen LogP contribution in [0.1, 0.15) is 37.5 Å². The monoisotopic (exact) mass is 288 g/mol. The highest BCUT2D eigenvalue weighted by Crippen LogP contribution is 2.49. The molecular weight excluding hydrogens is 268 g/mol. The maximum atomic E-state index is 4.36. The van der Waals surface area contributed by atoms with Crippen LogP contribution in [0.15, 0.2) is 58.5 Å². The lowest BCUT2D eigenvalue weighted by atomic mass is 9.82. The van der Waals surface area contributed by atoms with E-state index in [0.29, 0.717) is 0 Å². The fraction of sp³-hybridized carbons (Fsp3) is 0.200. The van der Waals surface area contributed by atoms with Gasteiger partial charge >= 0.3 is 0 Å². The van der Waals surface area contributed by atoms with Gasteiger partial charge in [-0.05, 0) is 42.0 Å². The molecule has 2 nitrogen and oxygen atoms in total. The molecule has 22 heavy (non-hydrogen) atoms. The topological polar surface area (TPSA) is 24.7 Å². The summed E-state index contributed by atoms with van der Waals surface area (Å²) in [5, 5.41) is 0. The minimum Gasteiger partial charge on any atom is -0.253 e. The Hall–Kier alpha value is -2.48. The largest absolute Gasteiger partial charge is 0.253 e. The zero-order valence-corrected chi connectivity index (χ0v) is 13.3. The maximum Gasteiger partial charge on any atom is 0.115 e. The smallest absolute Gasteiger partial charge is 0.115 e. The van der Waals surface area contributed by atoms with Crippen LogP contribution >= 0.6 is 0 Å². The van der Waals surface area contributed by atoms with E-state index in [4.69, 9.17) is 0 Å². The molecule has 0 unspecified atom stereocenters. The predicted octanol–water partition coefficient (Wildman–Crippen LogP) is 5.08. The van der Waals surface area contributed by atoms with Crippen LogP contribution in [-0.4, -0.2) is 13.1 Å². The van der Waals surface area contributed by atoms with Crippen molar-refractivity contribution in [2.75, 3.05) is 0 Å². The molecule has 0 aromatic heterocycles. The molecule has 0 spiro atoms. The van der Waals surface area contributed by atoms with E-state index in [2.05, 4.69) is 73.0 Å². The van der Waals surface area contributed by atoms with Crippen molar-refractivity contribution in [2.45, 2.75) is 26.2 Å². The molecule has 110 valence electrons. The highest BCUT2D eigenvalue weighted by molar-refractivity contribution is 5.83. The van der Waals surface area contributed by atoms with Gasteiger partial charge in [-0.2, -0.15) is 0 Å². The average Bonchev–Trinajstić information content (AvgIpc) is 2.77. The molecule has 0 aliphatic heterocycles. The van der Waals surface area contributed by atoms with Gasteiger partial charge in [0.1, 0.15) is 6.34 Å². The second-order valence-electron chi connectivity index (χ2n) is 6.03. The van der Waals surface area contributed by atoms with Crippen molar-refractivity contribution in [3.8, 4) is 11.1 Å². The summed E-state index contributed by atoms with van der Waals surface area (Å²) in [7, 11) is 0. The standard InChI is InChI=1S/C20H20N2/c1-5-19(22-13-21-4)14-10-11-16-15-8-6-7-9-17(15)20(2,3)18(16)12-14/h5-13H,4H2,1-3H3/b19-5-,22-13?. The number of nitrogens with zero attached hydrogens (tertiary/aromatic N) is 2. The first kappa shape index (κ1) is 14.5. The van der Waals surface area contributed by atoms with Crippen LogP contribution in [0.5, 0.6) is 0 Å². The van der Waals surface area contributed by atoms with Crippen molar-refractivity contribution in [2.24, 2.45) is 9.98 Å². The molecule has 0 saturated heterocycles. The van der Waals surface area contributed by atoms with Crippen molar-refractivity contribution in [3.63, 3.8) is 0 Å². The zero-order chi connectivity index (χ0) is 15.7. The Bertz CT molecular complexity index is 795. The molecule has 1 aliphatic carbocycles. The van der Waals surface area contributed by atoms with E-state index in [1.54, 1.807) is 0 Å². The fourth-order valence-electron chi connectivity index (χ4n) is 3.28. The number of rotatable bonds is 3. The van der Waals surface area contributed by atoms with Gasteiger partial charge in [0.05, 0.1) is 5.70 Å². The number of benzene rings is 2. The lowest BCUT2D eigenvalue weighted by molar-refractivity contribution is 0.660. The Morgan fingerprint density at radius 3 is 2.50 bits per heavy atom. The molecule has 0 fully saturated rings. The Kier molecular flexibility index (Phi) is 3.53. The van der Waals surface area contributed by atoms with Gasteiger partial charge in [-0.15, -0.1) is 0 Å². The van der Waals surface area contributed by atoms with Crippen LogP contribution in [0.2, 0.25) is 0 Å². The molecule has 0 saturated carbocycles. The first-order valence-electron chi connectivity index (χ1n) is 7.49. The van der Waals surface area contributed by atoms with E-state index in [9.17, 15) is 0 Å². The van der Waals surface area contributed by atoms with Gasteiger partial charge < -0.3 is 0 Å². The van der Waals surface area contributed by atoms with E-state index in [0.717, 1.165) is 11.3 Å². The number of fused-ring (bicyclic) bond motifs is 3. The molecule has 0 N–H and O–H groups in total. The Morgan fingerprint density at radius 2 is 1.77 bits per heavy atom. The molecule has 0 amide bonds. The van der Waals surface area contributed by atoms with E-state index >= 15 is 0 Å². The average molecular weight is 288 g/mol. The van der Waals surface area contributed by atoms with Gasteiger partial charge in [0.15, 0.2) is 0 Å². The van der Waals surface area contributed by atoms with Crippen LogP contribution in [0.4, 0.5) is 0 Å². The normalized spacial score (nSPS) is 15.7. The summed E-state index contributed by atoms with van der Waals surface area (Å²) in [6, 6.07) is 15.3. The molecule has 2 heteroatoms. The van der Waals surface area contributed by atoms with Gasteiger partial charge in [0.2, 0.25) is 0 Å². The number of allylic oxidation sites excluding steroid dienone is 1. The lowest BCUT2D eigenvalue weighted by Crippen LogP contribution is -2.15. The quantitative estimate of drug-likeness (QED) is 0.555. The van der Waals surface area contributed by atoms with Crippen LogP contribution in [0, 0.1) is 0 Å². The highest BCUT2D eigenvalue weighted by Gasteiger charge is 2.35. The number of hydrogen-bond donors (Lipinski definition) is 0. The minimum atomic E-state index is 0.0151. The third-order valence-corrected chi connectivity index (χ3v) is 4.43. The minimum absolute atomic E-state index is 0.0151. The van der Waals surface area contributed by atoms with Crippen molar-refractivity contribution in [3.05, 3.63) is 65.2 Å². The number of aliphatic imine (C=N–C) groups is 2. The summed E-state index contributed by atoms with van der Waals surface area (Å²) in [6.45, 7) is 10.00. The second-order valence-corrected chi connectivity index (χ2v) is 6.03. The van der Waals surface area contributed by atoms with E-state index in [1.807, 2.05) is 13.0 Å². The maximum absolute atomic E-state index is 4.36. The Labute approximate surface area is 132 Å². The first-order chi connectivity index (χ1) is 10.6. The van der Waals surface area contributed by atoms with Crippen molar-refractivity contribution < 1.29 is 0 Å². The second kappa shape index (κ2) is 5.38. The highest BCUT2D eigenvalue weighted by atomic mass is 14.8. The molecule has 0 heterocycles. The Balaban J connectivity index is 2.16. The van der Waals surface area contributed by atoms with Crippen molar-refractivity contribution in [1.82, 2.24) is 0 Å². The molecular formula is C20H20N2.